The Kier molecular flexibility index (Phi) is 7.88. The molecule has 0 aliphatic carbocycles. The largest absolute Gasteiger partial charge is 0.353 e. The molecular formula is C11H24N2OS. The smallest absolute Gasteiger partial charge is 0.224 e. The van der Waals surface area contributed by atoms with Crippen molar-refractivity contribution < 1.29 is 4.79 Å². The van der Waals surface area contributed by atoms with Gasteiger partial charge in [-0.05, 0) is 18.6 Å². The lowest BCUT2D eigenvalue weighted by Gasteiger charge is -2.21. The van der Waals surface area contributed by atoms with Crippen molar-refractivity contribution in [2.24, 2.45) is 17.6 Å². The van der Waals surface area contributed by atoms with Crippen molar-refractivity contribution in [2.45, 2.75) is 33.7 Å². The van der Waals surface area contributed by atoms with Crippen LogP contribution in [0, 0.1) is 11.8 Å². The molecule has 0 aliphatic rings. The molecule has 2 atom stereocenters. The maximum absolute atomic E-state index is 11.8. The lowest BCUT2D eigenvalue weighted by Crippen LogP contribution is -2.43. The number of hydrogen-bond donors (Lipinski definition) is 2. The molecule has 0 fully saturated rings. The number of rotatable bonds is 7. The fourth-order valence-corrected chi connectivity index (χ4v) is 2.04. The highest BCUT2D eigenvalue weighted by Gasteiger charge is 2.21. The van der Waals surface area contributed by atoms with Crippen LogP contribution in [0.15, 0.2) is 0 Å². The van der Waals surface area contributed by atoms with Gasteiger partial charge in [0.25, 0.3) is 0 Å². The molecule has 0 saturated heterocycles. The van der Waals surface area contributed by atoms with E-state index in [2.05, 4.69) is 12.2 Å². The Labute approximate surface area is 97.6 Å². The predicted molar refractivity (Wildman–Crippen MR) is 68.0 cm³/mol. The molecule has 3 nitrogen and oxygen atoms in total. The van der Waals surface area contributed by atoms with Crippen LogP contribution in [0.25, 0.3) is 0 Å². The van der Waals surface area contributed by atoms with Crippen LogP contribution in [0.5, 0.6) is 0 Å². The van der Waals surface area contributed by atoms with Crippen LogP contribution < -0.4 is 11.1 Å². The van der Waals surface area contributed by atoms with Gasteiger partial charge in [-0.25, -0.2) is 0 Å². The zero-order valence-corrected chi connectivity index (χ0v) is 11.1. The summed E-state index contributed by atoms with van der Waals surface area (Å²) in [5, 5.41) is 3.01. The first-order valence-corrected chi connectivity index (χ1v) is 6.76. The van der Waals surface area contributed by atoms with Crippen molar-refractivity contribution >= 4 is 17.7 Å². The van der Waals surface area contributed by atoms with Gasteiger partial charge in [-0.3, -0.25) is 4.79 Å². The molecule has 0 aliphatic heterocycles. The summed E-state index contributed by atoms with van der Waals surface area (Å²) >= 11 is 1.84. The Morgan fingerprint density at radius 1 is 1.40 bits per heavy atom. The summed E-state index contributed by atoms with van der Waals surface area (Å²) in [5.41, 5.74) is 5.58. The molecule has 0 rings (SSSR count). The van der Waals surface area contributed by atoms with Crippen LogP contribution in [-0.4, -0.2) is 30.0 Å². The Bertz CT molecular complexity index is 185. The fraction of sp³-hybridized carbons (Fsp3) is 0.909. The van der Waals surface area contributed by atoms with Crippen molar-refractivity contribution in [1.82, 2.24) is 5.32 Å². The first kappa shape index (κ1) is 14.8. The summed E-state index contributed by atoms with van der Waals surface area (Å²) in [4.78, 5) is 11.8. The van der Waals surface area contributed by atoms with E-state index in [1.54, 1.807) is 0 Å². The van der Waals surface area contributed by atoms with E-state index < -0.39 is 0 Å². The predicted octanol–water partition coefficient (Wildman–Crippen LogP) is 1.48. The van der Waals surface area contributed by atoms with Gasteiger partial charge in [0.1, 0.15) is 0 Å². The molecule has 0 aromatic carbocycles. The zero-order valence-electron chi connectivity index (χ0n) is 10.2. The number of nitrogens with one attached hydrogen (secondary N) is 1. The van der Waals surface area contributed by atoms with Gasteiger partial charge in [-0.1, -0.05) is 20.8 Å². The monoisotopic (exact) mass is 232 g/mol. The standard InChI is InChI=1S/C11H24N2OS/c1-5-15-7-9(4)13-11(14)10(6-12)8(2)3/h8-10H,5-7,12H2,1-4H3,(H,13,14). The quantitative estimate of drug-likeness (QED) is 0.699. The van der Waals surface area contributed by atoms with Crippen molar-refractivity contribution in [2.75, 3.05) is 18.1 Å². The molecule has 0 spiro atoms. The van der Waals surface area contributed by atoms with Gasteiger partial charge >= 0.3 is 0 Å². The summed E-state index contributed by atoms with van der Waals surface area (Å²) in [7, 11) is 0. The third-order valence-electron chi connectivity index (χ3n) is 2.36. The molecule has 3 N–H and O–H groups in total. The fourth-order valence-electron chi connectivity index (χ4n) is 1.37. The van der Waals surface area contributed by atoms with E-state index in [1.807, 2.05) is 32.5 Å². The van der Waals surface area contributed by atoms with Gasteiger partial charge in [0.2, 0.25) is 5.91 Å². The number of carbonyl (C=O) groups is 1. The molecule has 0 aromatic rings. The molecule has 1 amide bonds. The molecule has 4 heteroatoms. The van der Waals surface area contributed by atoms with E-state index in [0.717, 1.165) is 11.5 Å². The Morgan fingerprint density at radius 3 is 2.40 bits per heavy atom. The number of amides is 1. The number of hydrogen-bond acceptors (Lipinski definition) is 3. The first-order chi connectivity index (χ1) is 7.02. The minimum atomic E-state index is -0.0564. The summed E-state index contributed by atoms with van der Waals surface area (Å²) in [6.07, 6.45) is 0. The van der Waals surface area contributed by atoms with Crippen LogP contribution in [0.2, 0.25) is 0 Å². The Balaban J connectivity index is 3.98. The van der Waals surface area contributed by atoms with Gasteiger partial charge in [0, 0.05) is 18.3 Å². The molecule has 0 saturated carbocycles. The normalized spacial score (nSPS) is 15.1. The molecule has 0 heterocycles. The molecule has 0 bridgehead atoms. The highest BCUT2D eigenvalue weighted by atomic mass is 32.2. The summed E-state index contributed by atoms with van der Waals surface area (Å²) in [6.45, 7) is 8.65. The third kappa shape index (κ3) is 6.05. The highest BCUT2D eigenvalue weighted by Crippen LogP contribution is 2.10. The molecular weight excluding hydrogens is 208 g/mol. The first-order valence-electron chi connectivity index (χ1n) is 5.61. The van der Waals surface area contributed by atoms with Gasteiger partial charge in [0.05, 0.1) is 5.92 Å². The van der Waals surface area contributed by atoms with E-state index >= 15 is 0 Å². The van der Waals surface area contributed by atoms with E-state index in [4.69, 9.17) is 5.73 Å². The lowest BCUT2D eigenvalue weighted by molar-refractivity contribution is -0.126. The van der Waals surface area contributed by atoms with E-state index in [9.17, 15) is 4.79 Å². The third-order valence-corrected chi connectivity index (χ3v) is 3.50. The second kappa shape index (κ2) is 7.99. The maximum Gasteiger partial charge on any atom is 0.224 e. The summed E-state index contributed by atoms with van der Waals surface area (Å²) in [6, 6.07) is 0.232. The van der Waals surface area contributed by atoms with Crippen molar-refractivity contribution in [3.05, 3.63) is 0 Å². The van der Waals surface area contributed by atoms with Gasteiger partial charge < -0.3 is 11.1 Å². The minimum absolute atomic E-state index is 0.0564. The van der Waals surface area contributed by atoms with Crippen LogP contribution in [-0.2, 0) is 4.79 Å². The van der Waals surface area contributed by atoms with Crippen molar-refractivity contribution in [3.8, 4) is 0 Å². The number of nitrogens with two attached hydrogens (primary N) is 1. The van der Waals surface area contributed by atoms with Crippen LogP contribution in [0.4, 0.5) is 0 Å². The van der Waals surface area contributed by atoms with E-state index in [-0.39, 0.29) is 17.9 Å². The van der Waals surface area contributed by atoms with Crippen LogP contribution >= 0.6 is 11.8 Å². The maximum atomic E-state index is 11.8. The molecule has 15 heavy (non-hydrogen) atoms. The molecule has 2 unspecified atom stereocenters. The van der Waals surface area contributed by atoms with Gasteiger partial charge in [-0.15, -0.1) is 0 Å². The molecule has 90 valence electrons. The van der Waals surface area contributed by atoms with E-state index in [0.29, 0.717) is 12.5 Å². The Hall–Kier alpha value is -0.220. The minimum Gasteiger partial charge on any atom is -0.353 e. The topological polar surface area (TPSA) is 55.1 Å². The van der Waals surface area contributed by atoms with Gasteiger partial charge in [0.15, 0.2) is 0 Å². The van der Waals surface area contributed by atoms with Crippen molar-refractivity contribution in [3.63, 3.8) is 0 Å². The number of carbonyl (C=O) groups excluding carboxylic acids is 1. The van der Waals surface area contributed by atoms with Crippen molar-refractivity contribution in [1.29, 1.82) is 0 Å². The average molecular weight is 232 g/mol. The number of thioether (sulfide) groups is 1. The summed E-state index contributed by atoms with van der Waals surface area (Å²) < 4.78 is 0. The highest BCUT2D eigenvalue weighted by molar-refractivity contribution is 7.99. The zero-order chi connectivity index (χ0) is 11.8. The van der Waals surface area contributed by atoms with Crippen LogP contribution in [0.1, 0.15) is 27.7 Å². The van der Waals surface area contributed by atoms with Crippen LogP contribution in [0.3, 0.4) is 0 Å². The summed E-state index contributed by atoms with van der Waals surface area (Å²) in [5.74, 6) is 2.40. The lowest BCUT2D eigenvalue weighted by atomic mass is 9.95. The van der Waals surface area contributed by atoms with Gasteiger partial charge in [-0.2, -0.15) is 11.8 Å². The van der Waals surface area contributed by atoms with E-state index in [1.165, 1.54) is 0 Å². The second-order valence-corrected chi connectivity index (χ2v) is 5.47. The Morgan fingerprint density at radius 2 is 2.00 bits per heavy atom. The second-order valence-electron chi connectivity index (χ2n) is 4.16. The SMILES string of the molecule is CCSCC(C)NC(=O)C(CN)C(C)C. The molecule has 0 radical (unpaired) electrons. The average Bonchev–Trinajstić information content (AvgIpc) is 2.15. The molecule has 0 aromatic heterocycles.